The predicted octanol–water partition coefficient (Wildman–Crippen LogP) is 1.76. The summed E-state index contributed by atoms with van der Waals surface area (Å²) in [4.78, 5) is 2.36. The Hall–Kier alpha value is -1.37. The molecule has 1 aromatic rings. The van der Waals surface area contributed by atoms with Gasteiger partial charge in [0.05, 0.1) is 17.7 Å². The normalized spacial score (nSPS) is 22.3. The highest BCUT2D eigenvalue weighted by Crippen LogP contribution is 2.21. The van der Waals surface area contributed by atoms with Crippen molar-refractivity contribution in [1.82, 2.24) is 4.90 Å². The van der Waals surface area contributed by atoms with E-state index in [4.69, 9.17) is 5.26 Å². The molecule has 2 rings (SSSR count). The van der Waals surface area contributed by atoms with Crippen molar-refractivity contribution in [2.45, 2.75) is 26.0 Å². The molecule has 0 bridgehead atoms. The van der Waals surface area contributed by atoms with Crippen LogP contribution in [-0.2, 0) is 6.54 Å². The van der Waals surface area contributed by atoms with Gasteiger partial charge in [-0.15, -0.1) is 0 Å². The number of nitriles is 1. The van der Waals surface area contributed by atoms with Gasteiger partial charge in [-0.05, 0) is 43.5 Å². The van der Waals surface area contributed by atoms with Gasteiger partial charge in [0.25, 0.3) is 0 Å². The molecule has 1 saturated heterocycles. The SMILES string of the molecule is CC(O)C1CCN(Cc2ccc(C#N)cc2)C1. The average molecular weight is 230 g/mol. The van der Waals surface area contributed by atoms with Crippen LogP contribution in [0.3, 0.4) is 0 Å². The van der Waals surface area contributed by atoms with Crippen molar-refractivity contribution in [3.63, 3.8) is 0 Å². The first kappa shape index (κ1) is 12.1. The van der Waals surface area contributed by atoms with Gasteiger partial charge in [0.1, 0.15) is 0 Å². The smallest absolute Gasteiger partial charge is 0.0991 e. The fourth-order valence-electron chi connectivity index (χ4n) is 2.34. The second-order valence-corrected chi connectivity index (χ2v) is 4.83. The fourth-order valence-corrected chi connectivity index (χ4v) is 2.34. The minimum Gasteiger partial charge on any atom is -0.393 e. The van der Waals surface area contributed by atoms with Crippen LogP contribution in [-0.4, -0.2) is 29.2 Å². The summed E-state index contributed by atoms with van der Waals surface area (Å²) in [5, 5.41) is 18.3. The summed E-state index contributed by atoms with van der Waals surface area (Å²) < 4.78 is 0. The lowest BCUT2D eigenvalue weighted by molar-refractivity contribution is 0.127. The first-order valence-corrected chi connectivity index (χ1v) is 6.08. The van der Waals surface area contributed by atoms with E-state index in [1.54, 1.807) is 0 Å². The third-order valence-electron chi connectivity index (χ3n) is 3.48. The molecular weight excluding hydrogens is 212 g/mol. The van der Waals surface area contributed by atoms with Crippen molar-refractivity contribution in [3.05, 3.63) is 35.4 Å². The first-order chi connectivity index (χ1) is 8.19. The van der Waals surface area contributed by atoms with E-state index in [1.807, 2.05) is 31.2 Å². The highest BCUT2D eigenvalue weighted by molar-refractivity contribution is 5.31. The second kappa shape index (κ2) is 5.31. The van der Waals surface area contributed by atoms with Crippen LogP contribution in [0.25, 0.3) is 0 Å². The number of aliphatic hydroxyl groups excluding tert-OH is 1. The van der Waals surface area contributed by atoms with E-state index in [1.165, 1.54) is 5.56 Å². The van der Waals surface area contributed by atoms with Gasteiger partial charge < -0.3 is 5.11 Å². The van der Waals surface area contributed by atoms with Gasteiger partial charge in [-0.2, -0.15) is 5.26 Å². The molecule has 90 valence electrons. The van der Waals surface area contributed by atoms with Crippen molar-refractivity contribution in [2.75, 3.05) is 13.1 Å². The summed E-state index contributed by atoms with van der Waals surface area (Å²) in [6, 6.07) is 9.86. The fraction of sp³-hybridized carbons (Fsp3) is 0.500. The summed E-state index contributed by atoms with van der Waals surface area (Å²) in [5.74, 6) is 0.411. The minimum atomic E-state index is -0.207. The molecule has 1 fully saturated rings. The van der Waals surface area contributed by atoms with Crippen molar-refractivity contribution >= 4 is 0 Å². The second-order valence-electron chi connectivity index (χ2n) is 4.83. The van der Waals surface area contributed by atoms with E-state index in [0.717, 1.165) is 26.1 Å². The molecule has 1 heterocycles. The maximum absolute atomic E-state index is 9.54. The molecule has 0 aromatic heterocycles. The van der Waals surface area contributed by atoms with E-state index < -0.39 is 0 Å². The molecule has 0 radical (unpaired) electrons. The number of hydrogen-bond acceptors (Lipinski definition) is 3. The third-order valence-corrected chi connectivity index (χ3v) is 3.48. The quantitative estimate of drug-likeness (QED) is 0.860. The minimum absolute atomic E-state index is 0.207. The molecule has 3 nitrogen and oxygen atoms in total. The summed E-state index contributed by atoms with van der Waals surface area (Å²) in [6.07, 6.45) is 0.870. The molecule has 3 heteroatoms. The molecule has 0 aliphatic carbocycles. The number of rotatable bonds is 3. The maximum Gasteiger partial charge on any atom is 0.0991 e. The predicted molar refractivity (Wildman–Crippen MR) is 66.2 cm³/mol. The lowest BCUT2D eigenvalue weighted by atomic mass is 10.0. The van der Waals surface area contributed by atoms with Gasteiger partial charge in [0.2, 0.25) is 0 Å². The van der Waals surface area contributed by atoms with Crippen LogP contribution in [0.4, 0.5) is 0 Å². The zero-order valence-electron chi connectivity index (χ0n) is 10.1. The van der Waals surface area contributed by atoms with Crippen molar-refractivity contribution in [1.29, 1.82) is 5.26 Å². The molecule has 1 aliphatic rings. The summed E-state index contributed by atoms with van der Waals surface area (Å²) in [7, 11) is 0. The van der Waals surface area contributed by atoms with Crippen molar-refractivity contribution < 1.29 is 5.11 Å². The lowest BCUT2D eigenvalue weighted by Gasteiger charge is -2.17. The van der Waals surface area contributed by atoms with Crippen LogP contribution < -0.4 is 0 Å². The molecule has 0 amide bonds. The van der Waals surface area contributed by atoms with E-state index in [0.29, 0.717) is 11.5 Å². The number of hydrogen-bond donors (Lipinski definition) is 1. The monoisotopic (exact) mass is 230 g/mol. The van der Waals surface area contributed by atoms with Gasteiger partial charge in [0.15, 0.2) is 0 Å². The highest BCUT2D eigenvalue weighted by Gasteiger charge is 2.25. The standard InChI is InChI=1S/C14H18N2O/c1-11(17)14-6-7-16(10-14)9-13-4-2-12(8-15)3-5-13/h2-5,11,14,17H,6-7,9-10H2,1H3. The van der Waals surface area contributed by atoms with Gasteiger partial charge >= 0.3 is 0 Å². The molecule has 2 unspecified atom stereocenters. The summed E-state index contributed by atoms with van der Waals surface area (Å²) in [6.45, 7) is 4.80. The van der Waals surface area contributed by atoms with E-state index in [9.17, 15) is 5.11 Å². The zero-order valence-corrected chi connectivity index (χ0v) is 10.1. The molecule has 0 spiro atoms. The van der Waals surface area contributed by atoms with Crippen LogP contribution >= 0.6 is 0 Å². The van der Waals surface area contributed by atoms with Crippen LogP contribution in [0.15, 0.2) is 24.3 Å². The summed E-state index contributed by atoms with van der Waals surface area (Å²) >= 11 is 0. The molecule has 0 saturated carbocycles. The van der Waals surface area contributed by atoms with E-state index in [2.05, 4.69) is 11.0 Å². The summed E-state index contributed by atoms with van der Waals surface area (Å²) in [5.41, 5.74) is 1.94. The first-order valence-electron chi connectivity index (χ1n) is 6.08. The maximum atomic E-state index is 9.54. The van der Waals surface area contributed by atoms with Gasteiger partial charge in [0, 0.05) is 13.1 Å². The van der Waals surface area contributed by atoms with Gasteiger partial charge in [-0.1, -0.05) is 12.1 Å². The Bertz CT molecular complexity index is 405. The molecule has 1 aromatic carbocycles. The molecule has 1 N–H and O–H groups in total. The highest BCUT2D eigenvalue weighted by atomic mass is 16.3. The Morgan fingerprint density at radius 1 is 1.47 bits per heavy atom. The molecular formula is C14H18N2O. The van der Waals surface area contributed by atoms with E-state index >= 15 is 0 Å². The van der Waals surface area contributed by atoms with Gasteiger partial charge in [-0.25, -0.2) is 0 Å². The number of benzene rings is 1. The van der Waals surface area contributed by atoms with Crippen LogP contribution in [0.1, 0.15) is 24.5 Å². The Kier molecular flexibility index (Phi) is 3.78. The molecule has 17 heavy (non-hydrogen) atoms. The van der Waals surface area contributed by atoms with Crippen molar-refractivity contribution in [2.24, 2.45) is 5.92 Å². The Morgan fingerprint density at radius 3 is 2.71 bits per heavy atom. The van der Waals surface area contributed by atoms with Crippen LogP contribution in [0.2, 0.25) is 0 Å². The van der Waals surface area contributed by atoms with Gasteiger partial charge in [-0.3, -0.25) is 4.90 Å². The largest absolute Gasteiger partial charge is 0.393 e. The third kappa shape index (κ3) is 3.06. The Labute approximate surface area is 102 Å². The average Bonchev–Trinajstić information content (AvgIpc) is 2.79. The number of likely N-dealkylation sites (tertiary alicyclic amines) is 1. The van der Waals surface area contributed by atoms with Crippen LogP contribution in [0, 0.1) is 17.2 Å². The topological polar surface area (TPSA) is 47.3 Å². The van der Waals surface area contributed by atoms with Crippen LogP contribution in [0.5, 0.6) is 0 Å². The molecule has 1 aliphatic heterocycles. The van der Waals surface area contributed by atoms with E-state index in [-0.39, 0.29) is 6.10 Å². The number of nitrogens with zero attached hydrogens (tertiary/aromatic N) is 2. The molecule has 2 atom stereocenters. The van der Waals surface area contributed by atoms with Crippen molar-refractivity contribution in [3.8, 4) is 6.07 Å². The lowest BCUT2D eigenvalue weighted by Crippen LogP contribution is -2.23. The zero-order chi connectivity index (χ0) is 12.3. The Morgan fingerprint density at radius 2 is 2.18 bits per heavy atom. The Balaban J connectivity index is 1.91. The number of aliphatic hydroxyl groups is 1.